The minimum absolute atomic E-state index is 0.0426. The van der Waals surface area contributed by atoms with Crippen molar-refractivity contribution in [3.05, 3.63) is 96.0 Å². The highest BCUT2D eigenvalue weighted by Crippen LogP contribution is 2.34. The molecule has 0 saturated carbocycles. The van der Waals surface area contributed by atoms with E-state index in [9.17, 15) is 27.6 Å². The van der Waals surface area contributed by atoms with E-state index < -0.39 is 35.4 Å². The van der Waals surface area contributed by atoms with Crippen LogP contribution in [0.3, 0.4) is 0 Å². The van der Waals surface area contributed by atoms with Crippen molar-refractivity contribution in [2.45, 2.75) is 44.9 Å². The van der Waals surface area contributed by atoms with E-state index in [1.807, 2.05) is 0 Å². The van der Waals surface area contributed by atoms with Crippen LogP contribution in [0.15, 0.2) is 58.1 Å². The summed E-state index contributed by atoms with van der Waals surface area (Å²) in [6.45, 7) is -0.541. The van der Waals surface area contributed by atoms with Crippen molar-refractivity contribution in [1.29, 1.82) is 0 Å². The Labute approximate surface area is 217 Å². The second-order valence-electron chi connectivity index (χ2n) is 8.87. The fourth-order valence-corrected chi connectivity index (χ4v) is 6.18. The fourth-order valence-electron chi connectivity index (χ4n) is 4.61. The molecule has 0 bridgehead atoms. The van der Waals surface area contributed by atoms with Gasteiger partial charge in [-0.05, 0) is 61.1 Å². The molecule has 1 amide bonds. The second-order valence-corrected chi connectivity index (χ2v) is 10.4. The highest BCUT2D eigenvalue weighted by Gasteiger charge is 2.30. The van der Waals surface area contributed by atoms with Gasteiger partial charge in [-0.2, -0.15) is 13.2 Å². The van der Waals surface area contributed by atoms with E-state index in [2.05, 4.69) is 5.32 Å². The summed E-state index contributed by atoms with van der Waals surface area (Å²) in [7, 11) is 0. The predicted octanol–water partition coefficient (Wildman–Crippen LogP) is 5.46. The van der Waals surface area contributed by atoms with Crippen LogP contribution >= 0.6 is 22.9 Å². The molecule has 1 aliphatic carbocycles. The number of alkyl halides is 3. The van der Waals surface area contributed by atoms with Gasteiger partial charge in [-0.1, -0.05) is 35.9 Å². The first-order valence-electron chi connectivity index (χ1n) is 11.6. The molecular weight excluding hydrogens is 527 g/mol. The molecular formula is C26H21ClF3N3O3S. The van der Waals surface area contributed by atoms with Crippen LogP contribution in [0, 0.1) is 0 Å². The molecule has 6 nitrogen and oxygen atoms in total. The van der Waals surface area contributed by atoms with Crippen molar-refractivity contribution in [3.63, 3.8) is 0 Å². The normalized spacial score (nSPS) is 13.5. The summed E-state index contributed by atoms with van der Waals surface area (Å²) in [6.07, 6.45) is -1.20. The minimum Gasteiger partial charge on any atom is -0.325 e. The third-order valence-corrected chi connectivity index (χ3v) is 8.06. The van der Waals surface area contributed by atoms with Crippen LogP contribution in [0.1, 0.15) is 34.4 Å². The quantitative estimate of drug-likeness (QED) is 0.360. The Morgan fingerprint density at radius 2 is 1.78 bits per heavy atom. The number of amides is 1. The molecule has 1 aliphatic rings. The number of fused-ring (bicyclic) bond motifs is 3. The fraction of sp³-hybridized carbons (Fsp3) is 0.269. The zero-order chi connectivity index (χ0) is 26.3. The lowest BCUT2D eigenvalue weighted by atomic mass is 9.97. The number of hydrogen-bond acceptors (Lipinski definition) is 4. The van der Waals surface area contributed by atoms with Gasteiger partial charge in [0.2, 0.25) is 5.91 Å². The zero-order valence-electron chi connectivity index (χ0n) is 19.4. The number of aromatic nitrogens is 2. The zero-order valence-corrected chi connectivity index (χ0v) is 21.0. The molecule has 2 heterocycles. The predicted molar refractivity (Wildman–Crippen MR) is 138 cm³/mol. The Kier molecular flexibility index (Phi) is 6.72. The van der Waals surface area contributed by atoms with Crippen molar-refractivity contribution in [3.8, 4) is 0 Å². The maximum absolute atomic E-state index is 13.6. The number of aryl methyl sites for hydroxylation is 2. The summed E-state index contributed by atoms with van der Waals surface area (Å²) in [5.74, 6) is -0.683. The number of anilines is 1. The summed E-state index contributed by atoms with van der Waals surface area (Å²) in [6, 6.07) is 11.1. The molecule has 2 aromatic carbocycles. The molecule has 1 N–H and O–H groups in total. The van der Waals surface area contributed by atoms with Gasteiger partial charge in [0.25, 0.3) is 5.56 Å². The smallest absolute Gasteiger partial charge is 0.325 e. The minimum atomic E-state index is -4.56. The van der Waals surface area contributed by atoms with Crippen molar-refractivity contribution in [2.75, 3.05) is 5.32 Å². The third-order valence-electron chi connectivity index (χ3n) is 6.38. The first-order chi connectivity index (χ1) is 17.6. The Hall–Kier alpha value is -3.37. The molecule has 0 fully saturated rings. The van der Waals surface area contributed by atoms with E-state index in [-0.39, 0.29) is 12.2 Å². The SMILES string of the molecule is O=C(Cn1c(=O)n(Cc2ccccc2Cl)c(=O)c2c3c(sc21)CCCC3)Nc1cccc(C(F)(F)F)c1. The van der Waals surface area contributed by atoms with Gasteiger partial charge in [-0.3, -0.25) is 18.7 Å². The molecule has 0 spiro atoms. The van der Waals surface area contributed by atoms with Crippen molar-refractivity contribution >= 4 is 44.7 Å². The summed E-state index contributed by atoms with van der Waals surface area (Å²) >= 11 is 7.61. The molecule has 4 aromatic rings. The molecule has 0 aliphatic heterocycles. The lowest BCUT2D eigenvalue weighted by Gasteiger charge is -2.14. The molecule has 0 radical (unpaired) electrons. The van der Waals surface area contributed by atoms with E-state index >= 15 is 0 Å². The Morgan fingerprint density at radius 1 is 1.03 bits per heavy atom. The van der Waals surface area contributed by atoms with Gasteiger partial charge >= 0.3 is 11.9 Å². The van der Waals surface area contributed by atoms with Gasteiger partial charge in [-0.25, -0.2) is 4.79 Å². The number of rotatable bonds is 5. The van der Waals surface area contributed by atoms with E-state index in [1.165, 1.54) is 28.0 Å². The van der Waals surface area contributed by atoms with Crippen LogP contribution in [-0.4, -0.2) is 15.0 Å². The highest BCUT2D eigenvalue weighted by atomic mass is 35.5. The van der Waals surface area contributed by atoms with Gasteiger partial charge in [0.1, 0.15) is 11.4 Å². The van der Waals surface area contributed by atoms with Gasteiger partial charge in [0, 0.05) is 15.6 Å². The second kappa shape index (κ2) is 9.83. The van der Waals surface area contributed by atoms with E-state index in [1.54, 1.807) is 24.3 Å². The van der Waals surface area contributed by atoms with Crippen LogP contribution in [0.4, 0.5) is 18.9 Å². The van der Waals surface area contributed by atoms with Crippen LogP contribution < -0.4 is 16.6 Å². The molecule has 0 atom stereocenters. The van der Waals surface area contributed by atoms with Crippen LogP contribution in [-0.2, 0) is 36.9 Å². The number of carbonyl (C=O) groups is 1. The number of halogens is 4. The molecule has 11 heteroatoms. The van der Waals surface area contributed by atoms with Crippen molar-refractivity contribution in [1.82, 2.24) is 9.13 Å². The average Bonchev–Trinajstić information content (AvgIpc) is 3.25. The summed E-state index contributed by atoms with van der Waals surface area (Å²) in [5, 5.41) is 3.26. The van der Waals surface area contributed by atoms with Gasteiger partial charge < -0.3 is 5.32 Å². The maximum atomic E-state index is 13.6. The van der Waals surface area contributed by atoms with E-state index in [0.717, 1.165) is 46.4 Å². The first-order valence-corrected chi connectivity index (χ1v) is 12.8. The molecule has 0 saturated heterocycles. The largest absolute Gasteiger partial charge is 0.416 e. The standard InChI is InChI=1S/C26H21ClF3N3O3S/c27-19-10-3-1-6-15(19)13-32-23(35)22-18-9-2-4-11-20(18)37-24(22)33(25(32)36)14-21(34)31-17-8-5-7-16(12-17)26(28,29)30/h1,3,5-8,10,12H,2,4,9,11,13-14H2,(H,31,34). The number of carbonyl (C=O) groups excluding carboxylic acids is 1. The topological polar surface area (TPSA) is 73.1 Å². The first kappa shape index (κ1) is 25.3. The molecule has 2 aromatic heterocycles. The molecule has 5 rings (SSSR count). The number of thiophene rings is 1. The summed E-state index contributed by atoms with van der Waals surface area (Å²) in [4.78, 5) is 41.5. The molecule has 192 valence electrons. The number of benzene rings is 2. The number of hydrogen-bond donors (Lipinski definition) is 1. The Morgan fingerprint density at radius 3 is 2.54 bits per heavy atom. The summed E-state index contributed by atoms with van der Waals surface area (Å²) in [5.41, 5.74) is -0.588. The molecule has 37 heavy (non-hydrogen) atoms. The van der Waals surface area contributed by atoms with Crippen LogP contribution in [0.5, 0.6) is 0 Å². The van der Waals surface area contributed by atoms with Crippen molar-refractivity contribution < 1.29 is 18.0 Å². The lowest BCUT2D eigenvalue weighted by Crippen LogP contribution is -2.41. The number of nitrogens with one attached hydrogen (secondary N) is 1. The lowest BCUT2D eigenvalue weighted by molar-refractivity contribution is -0.137. The molecule has 0 unspecified atom stereocenters. The van der Waals surface area contributed by atoms with Crippen molar-refractivity contribution in [2.24, 2.45) is 0 Å². The van der Waals surface area contributed by atoms with Gasteiger partial charge in [0.15, 0.2) is 0 Å². The maximum Gasteiger partial charge on any atom is 0.416 e. The Bertz CT molecular complexity index is 1640. The van der Waals surface area contributed by atoms with Crippen LogP contribution in [0.25, 0.3) is 10.2 Å². The number of nitrogens with zero attached hydrogens (tertiary/aromatic N) is 2. The monoisotopic (exact) mass is 547 g/mol. The van der Waals surface area contributed by atoms with Crippen LogP contribution in [0.2, 0.25) is 5.02 Å². The van der Waals surface area contributed by atoms with E-state index in [4.69, 9.17) is 11.6 Å². The Balaban J connectivity index is 1.58. The summed E-state index contributed by atoms with van der Waals surface area (Å²) < 4.78 is 41.6. The van der Waals surface area contributed by atoms with E-state index in [0.29, 0.717) is 27.2 Å². The highest BCUT2D eigenvalue weighted by molar-refractivity contribution is 7.18. The average molecular weight is 548 g/mol. The van der Waals surface area contributed by atoms with Gasteiger partial charge in [0.05, 0.1) is 17.5 Å². The van der Waals surface area contributed by atoms with Gasteiger partial charge in [-0.15, -0.1) is 11.3 Å². The third kappa shape index (κ3) is 4.95.